The van der Waals surface area contributed by atoms with Gasteiger partial charge in [-0.15, -0.1) is 0 Å². The van der Waals surface area contributed by atoms with Crippen LogP contribution in [0.1, 0.15) is 10.4 Å². The van der Waals surface area contributed by atoms with E-state index in [2.05, 4.69) is 10.2 Å². The molecule has 0 spiro atoms. The van der Waals surface area contributed by atoms with E-state index in [1.54, 1.807) is 24.3 Å². The maximum atomic E-state index is 14.5. The fourth-order valence-electron chi connectivity index (χ4n) is 2.74. The molecule has 0 aromatic heterocycles. The Morgan fingerprint density at radius 3 is 2.44 bits per heavy atom. The summed E-state index contributed by atoms with van der Waals surface area (Å²) in [6.45, 7) is 3.30. The number of hydrogen-bond donors (Lipinski definition) is 1. The minimum Gasteiger partial charge on any atom is -0.367 e. The maximum absolute atomic E-state index is 14.5. The zero-order chi connectivity index (χ0) is 18.0. The van der Waals surface area contributed by atoms with Crippen LogP contribution in [0.4, 0.5) is 15.8 Å². The molecule has 0 atom stereocenters. The first-order valence-electron chi connectivity index (χ1n) is 7.93. The zero-order valence-corrected chi connectivity index (χ0v) is 15.2. The van der Waals surface area contributed by atoms with Crippen LogP contribution in [0.5, 0.6) is 0 Å². The van der Waals surface area contributed by atoms with Gasteiger partial charge in [-0.25, -0.2) is 4.39 Å². The van der Waals surface area contributed by atoms with Crippen LogP contribution in [0.3, 0.4) is 0 Å². The highest BCUT2D eigenvalue weighted by Crippen LogP contribution is 2.27. The van der Waals surface area contributed by atoms with E-state index in [1.165, 1.54) is 12.1 Å². The number of likely N-dealkylation sites (N-methyl/N-ethyl adjacent to an activating group) is 1. The van der Waals surface area contributed by atoms with Crippen molar-refractivity contribution in [2.45, 2.75) is 0 Å². The molecule has 3 rings (SSSR count). The lowest BCUT2D eigenvalue weighted by Crippen LogP contribution is -2.44. The Kier molecular flexibility index (Phi) is 5.47. The largest absolute Gasteiger partial charge is 0.367 e. The molecule has 0 saturated carbocycles. The van der Waals surface area contributed by atoms with Crippen LogP contribution in [-0.4, -0.2) is 44.0 Å². The number of piperazine rings is 1. The summed E-state index contributed by atoms with van der Waals surface area (Å²) in [7, 11) is 2.04. The maximum Gasteiger partial charge on any atom is 0.255 e. The molecule has 0 radical (unpaired) electrons. The van der Waals surface area contributed by atoms with Crippen molar-refractivity contribution < 1.29 is 9.18 Å². The molecule has 1 N–H and O–H groups in total. The Labute approximate surface area is 156 Å². The predicted octanol–water partition coefficient (Wildman–Crippen LogP) is 4.14. The van der Waals surface area contributed by atoms with E-state index in [0.29, 0.717) is 21.4 Å². The summed E-state index contributed by atoms with van der Waals surface area (Å²) >= 11 is 11.9. The number of amides is 1. The van der Waals surface area contributed by atoms with Gasteiger partial charge in [0.15, 0.2) is 0 Å². The fourth-order valence-corrected chi connectivity index (χ4v) is 3.19. The Balaban J connectivity index is 1.74. The number of halogens is 3. The van der Waals surface area contributed by atoms with Gasteiger partial charge in [-0.05, 0) is 43.4 Å². The average molecular weight is 382 g/mol. The number of anilines is 2. The Bertz CT molecular complexity index is 792. The van der Waals surface area contributed by atoms with Crippen molar-refractivity contribution in [3.05, 3.63) is 57.8 Å². The van der Waals surface area contributed by atoms with Gasteiger partial charge in [-0.1, -0.05) is 23.2 Å². The fraction of sp³-hybridized carbons (Fsp3) is 0.278. The minimum absolute atomic E-state index is 0.237. The molecule has 7 heteroatoms. The number of carbonyl (C=O) groups is 1. The standard InChI is InChI=1S/C18H18Cl2FN3O/c1-23-6-8-24(9-7-23)17-5-2-12(10-15(17)21)18(25)22-16-4-3-13(19)11-14(16)20/h2-5,10-11H,6-9H2,1H3,(H,22,25). The summed E-state index contributed by atoms with van der Waals surface area (Å²) in [5, 5.41) is 3.48. The number of nitrogens with one attached hydrogen (secondary N) is 1. The third kappa shape index (κ3) is 4.24. The predicted molar refractivity (Wildman–Crippen MR) is 101 cm³/mol. The van der Waals surface area contributed by atoms with Crippen molar-refractivity contribution in [2.24, 2.45) is 0 Å². The monoisotopic (exact) mass is 381 g/mol. The van der Waals surface area contributed by atoms with E-state index in [1.807, 2.05) is 11.9 Å². The molecule has 1 saturated heterocycles. The third-order valence-corrected chi connectivity index (χ3v) is 4.78. The van der Waals surface area contributed by atoms with E-state index in [9.17, 15) is 9.18 Å². The first kappa shape index (κ1) is 18.0. The van der Waals surface area contributed by atoms with Crippen molar-refractivity contribution in [1.29, 1.82) is 0 Å². The van der Waals surface area contributed by atoms with E-state index in [4.69, 9.17) is 23.2 Å². The van der Waals surface area contributed by atoms with Gasteiger partial charge in [0.25, 0.3) is 5.91 Å². The van der Waals surface area contributed by atoms with Crippen LogP contribution in [-0.2, 0) is 0 Å². The number of hydrogen-bond acceptors (Lipinski definition) is 3. The molecule has 0 unspecified atom stereocenters. The van der Waals surface area contributed by atoms with Crippen molar-refractivity contribution in [3.63, 3.8) is 0 Å². The second-order valence-corrected chi connectivity index (χ2v) is 6.88. The molecule has 1 heterocycles. The molecule has 2 aromatic carbocycles. The quantitative estimate of drug-likeness (QED) is 0.867. The van der Waals surface area contributed by atoms with Gasteiger partial charge >= 0.3 is 0 Å². The van der Waals surface area contributed by atoms with Crippen molar-refractivity contribution >= 4 is 40.5 Å². The van der Waals surface area contributed by atoms with Crippen molar-refractivity contribution in [3.8, 4) is 0 Å². The van der Waals surface area contributed by atoms with Gasteiger partial charge in [0.05, 0.1) is 16.4 Å². The SMILES string of the molecule is CN1CCN(c2ccc(C(=O)Nc3ccc(Cl)cc3Cl)cc2F)CC1. The number of nitrogens with zero attached hydrogens (tertiary/aromatic N) is 2. The van der Waals surface area contributed by atoms with Gasteiger partial charge in [0.2, 0.25) is 0 Å². The molecule has 1 fully saturated rings. The highest BCUT2D eigenvalue weighted by molar-refractivity contribution is 6.36. The number of carbonyl (C=O) groups excluding carboxylic acids is 1. The van der Waals surface area contributed by atoms with Crippen LogP contribution < -0.4 is 10.2 Å². The molecule has 25 heavy (non-hydrogen) atoms. The Morgan fingerprint density at radius 1 is 1.08 bits per heavy atom. The van der Waals surface area contributed by atoms with Crippen LogP contribution in [0.25, 0.3) is 0 Å². The van der Waals surface area contributed by atoms with Crippen LogP contribution in [0.15, 0.2) is 36.4 Å². The summed E-state index contributed by atoms with van der Waals surface area (Å²) < 4.78 is 14.5. The lowest BCUT2D eigenvalue weighted by molar-refractivity contribution is 0.102. The van der Waals surface area contributed by atoms with Gasteiger partial charge in [-0.2, -0.15) is 0 Å². The Hall–Kier alpha value is -1.82. The second-order valence-electron chi connectivity index (χ2n) is 6.03. The first-order valence-corrected chi connectivity index (χ1v) is 8.69. The smallest absolute Gasteiger partial charge is 0.255 e. The average Bonchev–Trinajstić information content (AvgIpc) is 2.58. The minimum atomic E-state index is -0.423. The van der Waals surface area contributed by atoms with Gasteiger partial charge in [0, 0.05) is 36.8 Å². The summed E-state index contributed by atoms with van der Waals surface area (Å²) in [6.07, 6.45) is 0. The highest BCUT2D eigenvalue weighted by atomic mass is 35.5. The molecule has 1 aliphatic rings. The molecule has 1 aliphatic heterocycles. The first-order chi connectivity index (χ1) is 11.9. The zero-order valence-electron chi connectivity index (χ0n) is 13.7. The van der Waals surface area contributed by atoms with Crippen LogP contribution in [0, 0.1) is 5.82 Å². The second kappa shape index (κ2) is 7.60. The van der Waals surface area contributed by atoms with E-state index in [-0.39, 0.29) is 5.56 Å². The van der Waals surface area contributed by atoms with E-state index >= 15 is 0 Å². The van der Waals surface area contributed by atoms with Crippen molar-refractivity contribution in [1.82, 2.24) is 4.90 Å². The van der Waals surface area contributed by atoms with Crippen molar-refractivity contribution in [2.75, 3.05) is 43.4 Å². The molecule has 4 nitrogen and oxygen atoms in total. The van der Waals surface area contributed by atoms with E-state index in [0.717, 1.165) is 26.2 Å². The summed E-state index contributed by atoms with van der Waals surface area (Å²) in [4.78, 5) is 16.5. The van der Waals surface area contributed by atoms with Gasteiger partial charge in [-0.3, -0.25) is 4.79 Å². The molecule has 132 valence electrons. The Morgan fingerprint density at radius 2 is 1.80 bits per heavy atom. The van der Waals surface area contributed by atoms with Gasteiger partial charge < -0.3 is 15.1 Å². The molecule has 0 aliphatic carbocycles. The summed E-state index contributed by atoms with van der Waals surface area (Å²) in [5.41, 5.74) is 1.19. The highest BCUT2D eigenvalue weighted by Gasteiger charge is 2.19. The number of benzene rings is 2. The van der Waals surface area contributed by atoms with Gasteiger partial charge in [0.1, 0.15) is 5.82 Å². The molecular weight excluding hydrogens is 364 g/mol. The third-order valence-electron chi connectivity index (χ3n) is 4.23. The molecular formula is C18H18Cl2FN3O. The molecule has 1 amide bonds. The van der Waals surface area contributed by atoms with Crippen LogP contribution >= 0.6 is 23.2 Å². The topological polar surface area (TPSA) is 35.6 Å². The molecule has 2 aromatic rings. The van der Waals surface area contributed by atoms with Crippen LogP contribution in [0.2, 0.25) is 10.0 Å². The van der Waals surface area contributed by atoms with E-state index < -0.39 is 11.7 Å². The normalized spacial score (nSPS) is 15.3. The summed E-state index contributed by atoms with van der Waals surface area (Å²) in [5.74, 6) is -0.826. The molecule has 0 bridgehead atoms. The number of rotatable bonds is 3. The lowest BCUT2D eigenvalue weighted by Gasteiger charge is -2.34. The lowest BCUT2D eigenvalue weighted by atomic mass is 10.1. The summed E-state index contributed by atoms with van der Waals surface area (Å²) in [6, 6.07) is 9.30.